The number of sulfonamides is 1. The molecule has 0 aliphatic heterocycles. The maximum absolute atomic E-state index is 12.4. The van der Waals surface area contributed by atoms with Crippen LogP contribution in [0.1, 0.15) is 47.5 Å². The molecule has 0 saturated carbocycles. The monoisotopic (exact) mass is 317 g/mol. The van der Waals surface area contributed by atoms with Crippen LogP contribution in [-0.2, 0) is 16.6 Å². The van der Waals surface area contributed by atoms with Gasteiger partial charge in [0.1, 0.15) is 4.90 Å². The molecule has 7 heteroatoms. The van der Waals surface area contributed by atoms with E-state index in [1.165, 1.54) is 17.1 Å². The Bertz CT molecular complexity index is 556. The van der Waals surface area contributed by atoms with Crippen molar-refractivity contribution in [3.63, 3.8) is 0 Å². The lowest BCUT2D eigenvalue weighted by atomic mass is 9.82. The number of aliphatic hydroxyl groups excluding tert-OH is 1. The number of nitrogens with one attached hydrogen (secondary N) is 1. The van der Waals surface area contributed by atoms with Crippen LogP contribution in [0.2, 0.25) is 0 Å². The Morgan fingerprint density at radius 1 is 1.29 bits per heavy atom. The molecule has 0 amide bonds. The largest absolute Gasteiger partial charge is 0.396 e. The Labute approximate surface area is 127 Å². The summed E-state index contributed by atoms with van der Waals surface area (Å²) in [5.74, 6) is 0. The van der Waals surface area contributed by atoms with Crippen molar-refractivity contribution in [1.29, 1.82) is 0 Å². The molecule has 122 valence electrons. The SMILES string of the molecule is CC(C)(C)CC(C)(C)NS(=O)(=O)c1cnn(CCCO)c1. The van der Waals surface area contributed by atoms with E-state index in [9.17, 15) is 8.42 Å². The minimum Gasteiger partial charge on any atom is -0.396 e. The number of aromatic nitrogens is 2. The lowest BCUT2D eigenvalue weighted by Gasteiger charge is -2.32. The van der Waals surface area contributed by atoms with Crippen molar-refractivity contribution >= 4 is 10.0 Å². The normalized spacial score (nSPS) is 13.6. The summed E-state index contributed by atoms with van der Waals surface area (Å²) in [5.41, 5.74) is -0.512. The summed E-state index contributed by atoms with van der Waals surface area (Å²) < 4.78 is 29.1. The molecule has 0 atom stereocenters. The minimum atomic E-state index is -3.59. The van der Waals surface area contributed by atoms with Crippen LogP contribution in [0.25, 0.3) is 0 Å². The predicted molar refractivity (Wildman–Crippen MR) is 82.4 cm³/mol. The summed E-state index contributed by atoms with van der Waals surface area (Å²) in [4.78, 5) is 0.155. The molecule has 6 nitrogen and oxygen atoms in total. The van der Waals surface area contributed by atoms with Gasteiger partial charge >= 0.3 is 0 Å². The van der Waals surface area contributed by atoms with Crippen LogP contribution in [0, 0.1) is 5.41 Å². The number of aryl methyl sites for hydroxylation is 1. The van der Waals surface area contributed by atoms with E-state index in [0.29, 0.717) is 13.0 Å². The van der Waals surface area contributed by atoms with Gasteiger partial charge in [-0.25, -0.2) is 13.1 Å². The number of hydrogen-bond donors (Lipinski definition) is 2. The molecule has 0 fully saturated rings. The third kappa shape index (κ3) is 6.15. The molecular weight excluding hydrogens is 290 g/mol. The maximum atomic E-state index is 12.4. The lowest BCUT2D eigenvalue weighted by molar-refractivity contribution is 0.269. The topological polar surface area (TPSA) is 84.2 Å². The van der Waals surface area contributed by atoms with E-state index in [-0.39, 0.29) is 16.9 Å². The van der Waals surface area contributed by atoms with E-state index < -0.39 is 15.6 Å². The van der Waals surface area contributed by atoms with Crippen LogP contribution in [-0.4, -0.2) is 35.5 Å². The standard InChI is InChI=1S/C14H27N3O3S/c1-13(2,3)11-14(4,5)16-21(19,20)12-9-15-17(10-12)7-6-8-18/h9-10,16,18H,6-8,11H2,1-5H3. The van der Waals surface area contributed by atoms with Crippen LogP contribution < -0.4 is 4.72 Å². The molecule has 1 rings (SSSR count). The highest BCUT2D eigenvalue weighted by molar-refractivity contribution is 7.89. The van der Waals surface area contributed by atoms with Gasteiger partial charge in [0.25, 0.3) is 0 Å². The molecule has 0 unspecified atom stereocenters. The molecule has 0 bridgehead atoms. The van der Waals surface area contributed by atoms with E-state index >= 15 is 0 Å². The van der Waals surface area contributed by atoms with E-state index in [0.717, 1.165) is 6.42 Å². The Morgan fingerprint density at radius 3 is 2.43 bits per heavy atom. The van der Waals surface area contributed by atoms with Gasteiger partial charge in [-0.3, -0.25) is 4.68 Å². The van der Waals surface area contributed by atoms with Crippen LogP contribution in [0.4, 0.5) is 0 Å². The summed E-state index contributed by atoms with van der Waals surface area (Å²) in [6, 6.07) is 0. The Kier molecular flexibility index (Phi) is 5.57. The van der Waals surface area contributed by atoms with Gasteiger partial charge in [-0.15, -0.1) is 0 Å². The van der Waals surface area contributed by atoms with Crippen LogP contribution in [0.15, 0.2) is 17.3 Å². The van der Waals surface area contributed by atoms with E-state index in [1.54, 1.807) is 0 Å². The first kappa shape index (κ1) is 18.1. The number of aliphatic hydroxyl groups is 1. The van der Waals surface area contributed by atoms with Crippen molar-refractivity contribution < 1.29 is 13.5 Å². The molecule has 0 aliphatic carbocycles. The van der Waals surface area contributed by atoms with Gasteiger partial charge < -0.3 is 5.11 Å². The van der Waals surface area contributed by atoms with Crippen molar-refractivity contribution in [2.45, 2.75) is 64.4 Å². The Hall–Kier alpha value is -0.920. The van der Waals surface area contributed by atoms with Crippen molar-refractivity contribution in [1.82, 2.24) is 14.5 Å². The average Bonchev–Trinajstić information content (AvgIpc) is 2.70. The predicted octanol–water partition coefficient (Wildman–Crippen LogP) is 1.76. The first-order valence-corrected chi connectivity index (χ1v) is 8.61. The van der Waals surface area contributed by atoms with Gasteiger partial charge in [-0.2, -0.15) is 5.10 Å². The Morgan fingerprint density at radius 2 is 1.90 bits per heavy atom. The molecule has 1 aromatic rings. The second-order valence-corrected chi connectivity index (χ2v) is 8.93. The quantitative estimate of drug-likeness (QED) is 0.802. The van der Waals surface area contributed by atoms with Crippen LogP contribution in [0.3, 0.4) is 0 Å². The molecule has 1 heterocycles. The molecule has 1 aromatic heterocycles. The summed E-state index contributed by atoms with van der Waals surface area (Å²) in [5, 5.41) is 12.8. The van der Waals surface area contributed by atoms with E-state index in [2.05, 4.69) is 30.6 Å². The zero-order valence-electron chi connectivity index (χ0n) is 13.5. The minimum absolute atomic E-state index is 0.0251. The third-order valence-corrected chi connectivity index (χ3v) is 4.50. The molecule has 0 spiro atoms. The fraction of sp³-hybridized carbons (Fsp3) is 0.786. The van der Waals surface area contributed by atoms with Gasteiger partial charge in [-0.1, -0.05) is 20.8 Å². The molecule has 0 aliphatic rings. The van der Waals surface area contributed by atoms with Gasteiger partial charge in [0, 0.05) is 24.9 Å². The van der Waals surface area contributed by atoms with E-state index in [4.69, 9.17) is 5.11 Å². The Balaban J connectivity index is 2.83. The molecule has 0 aromatic carbocycles. The second kappa shape index (κ2) is 6.46. The summed E-state index contributed by atoms with van der Waals surface area (Å²) in [6.07, 6.45) is 4.10. The van der Waals surface area contributed by atoms with Crippen LogP contribution in [0.5, 0.6) is 0 Å². The van der Waals surface area contributed by atoms with Gasteiger partial charge in [-0.05, 0) is 32.1 Å². The van der Waals surface area contributed by atoms with Crippen molar-refractivity contribution in [3.05, 3.63) is 12.4 Å². The highest BCUT2D eigenvalue weighted by Gasteiger charge is 2.31. The molecule has 0 radical (unpaired) electrons. The fourth-order valence-corrected chi connectivity index (χ4v) is 3.99. The average molecular weight is 317 g/mol. The second-order valence-electron chi connectivity index (χ2n) is 7.24. The molecular formula is C14H27N3O3S. The smallest absolute Gasteiger partial charge is 0.244 e. The summed E-state index contributed by atoms with van der Waals surface area (Å²) in [7, 11) is -3.59. The van der Waals surface area contributed by atoms with Gasteiger partial charge in [0.15, 0.2) is 0 Å². The van der Waals surface area contributed by atoms with Gasteiger partial charge in [0.05, 0.1) is 6.20 Å². The number of nitrogens with zero attached hydrogens (tertiary/aromatic N) is 2. The highest BCUT2D eigenvalue weighted by Crippen LogP contribution is 2.28. The van der Waals surface area contributed by atoms with Crippen molar-refractivity contribution in [2.75, 3.05) is 6.61 Å². The maximum Gasteiger partial charge on any atom is 0.244 e. The molecule has 21 heavy (non-hydrogen) atoms. The number of hydrogen-bond acceptors (Lipinski definition) is 4. The zero-order valence-corrected chi connectivity index (χ0v) is 14.4. The lowest BCUT2D eigenvalue weighted by Crippen LogP contribution is -2.45. The number of rotatable bonds is 7. The first-order valence-electron chi connectivity index (χ1n) is 7.12. The fourth-order valence-electron chi connectivity index (χ4n) is 2.62. The van der Waals surface area contributed by atoms with Crippen molar-refractivity contribution in [2.24, 2.45) is 5.41 Å². The zero-order chi connectivity index (χ0) is 16.3. The molecule has 0 saturated heterocycles. The molecule has 2 N–H and O–H groups in total. The summed E-state index contributed by atoms with van der Waals surface area (Å²) in [6.45, 7) is 10.6. The highest BCUT2D eigenvalue weighted by atomic mass is 32.2. The van der Waals surface area contributed by atoms with Gasteiger partial charge in [0.2, 0.25) is 10.0 Å². The van der Waals surface area contributed by atoms with E-state index in [1.807, 2.05) is 13.8 Å². The summed E-state index contributed by atoms with van der Waals surface area (Å²) >= 11 is 0. The van der Waals surface area contributed by atoms with Crippen LogP contribution >= 0.6 is 0 Å². The third-order valence-electron chi connectivity index (χ3n) is 2.85. The first-order chi connectivity index (χ1) is 9.45. The van der Waals surface area contributed by atoms with Crippen molar-refractivity contribution in [3.8, 4) is 0 Å².